The molecule has 44 heavy (non-hydrogen) atoms. The molecule has 10 heteroatoms. The lowest BCUT2D eigenvalue weighted by atomic mass is 9.44. The van der Waals surface area contributed by atoms with Crippen molar-refractivity contribution < 1.29 is 43.4 Å². The minimum absolute atomic E-state index is 0.171. The van der Waals surface area contributed by atoms with Gasteiger partial charge in [-0.2, -0.15) is 0 Å². The van der Waals surface area contributed by atoms with E-state index in [9.17, 15) is 24.5 Å². The maximum Gasteiger partial charge on any atom is 0.528 e. The van der Waals surface area contributed by atoms with Gasteiger partial charge in [0.25, 0.3) is 5.76 Å². The normalized spacial score (nSPS) is 42.1. The van der Waals surface area contributed by atoms with Crippen LogP contribution in [0.1, 0.15) is 112 Å². The van der Waals surface area contributed by atoms with Crippen molar-refractivity contribution in [1.29, 1.82) is 0 Å². The topological polar surface area (TPSA) is 143 Å². The number of phosphoric ester groups is 1. The second-order valence-corrected chi connectivity index (χ2v) is 17.3. The standard InChI is InChI=1S/C34H57O9P/c1-19(2)20(3)7-8-21(4)25-11-12-26-24-10-9-22-17-23(13-15-33(22,5)27(24)14-16-34(25,26)6)42-44(39,40)43-31-29(37)30(28(36)18-35)41-32(31)38/h19-28,30,35-37H,7-18H2,1-6H3,(H,39,40)/t20-,21-,22+,23+,24+,25-,26+,27+,28+,30?,33+,34-/m1/s1. The summed E-state index contributed by atoms with van der Waals surface area (Å²) in [5, 5.41) is 29.1. The molecule has 1 heterocycles. The second kappa shape index (κ2) is 12.8. The fourth-order valence-corrected chi connectivity index (χ4v) is 11.6. The summed E-state index contributed by atoms with van der Waals surface area (Å²) in [6.45, 7) is 13.9. The Bertz CT molecular complexity index is 1140. The molecular weight excluding hydrogens is 583 g/mol. The third-order valence-electron chi connectivity index (χ3n) is 13.5. The molecule has 5 rings (SSSR count). The van der Waals surface area contributed by atoms with E-state index in [1.165, 1.54) is 44.9 Å². The molecule has 0 amide bonds. The van der Waals surface area contributed by atoms with Gasteiger partial charge in [-0.1, -0.05) is 54.4 Å². The second-order valence-electron chi connectivity index (χ2n) is 16.0. The van der Waals surface area contributed by atoms with Gasteiger partial charge in [-0.3, -0.25) is 9.42 Å². The summed E-state index contributed by atoms with van der Waals surface area (Å²) >= 11 is 0. The van der Waals surface area contributed by atoms with Gasteiger partial charge in [-0.25, -0.2) is 9.36 Å². The molecule has 4 aliphatic carbocycles. The Morgan fingerprint density at radius 2 is 1.66 bits per heavy atom. The maximum atomic E-state index is 13.0. The highest BCUT2D eigenvalue weighted by atomic mass is 31.2. The average Bonchev–Trinajstić information content (AvgIpc) is 3.46. The zero-order valence-electron chi connectivity index (χ0n) is 27.6. The van der Waals surface area contributed by atoms with Crippen molar-refractivity contribution in [3.8, 4) is 0 Å². The van der Waals surface area contributed by atoms with Crippen molar-refractivity contribution >= 4 is 13.8 Å². The number of aliphatic hydroxyl groups is 3. The first-order chi connectivity index (χ1) is 20.6. The Kier molecular flexibility index (Phi) is 9.97. The van der Waals surface area contributed by atoms with Crippen LogP contribution < -0.4 is 0 Å². The van der Waals surface area contributed by atoms with Crippen LogP contribution in [0.4, 0.5) is 0 Å². The fraction of sp³-hybridized carbons (Fsp3) is 0.912. The van der Waals surface area contributed by atoms with Crippen LogP contribution in [0.25, 0.3) is 0 Å². The van der Waals surface area contributed by atoms with Crippen molar-refractivity contribution in [3.63, 3.8) is 0 Å². The lowest BCUT2D eigenvalue weighted by Crippen LogP contribution is -2.54. The van der Waals surface area contributed by atoms with Crippen LogP contribution in [0.15, 0.2) is 11.5 Å². The van der Waals surface area contributed by atoms with Crippen molar-refractivity contribution in [3.05, 3.63) is 11.5 Å². The largest absolute Gasteiger partial charge is 0.528 e. The molecule has 9 nitrogen and oxygen atoms in total. The molecule has 2 unspecified atom stereocenters. The number of ether oxygens (including phenoxy) is 1. The number of rotatable bonds is 11. The molecule has 0 bridgehead atoms. The number of hydrogen-bond acceptors (Lipinski definition) is 8. The van der Waals surface area contributed by atoms with E-state index in [2.05, 4.69) is 41.5 Å². The highest BCUT2D eigenvalue weighted by Crippen LogP contribution is 2.69. The third-order valence-corrected chi connectivity index (χ3v) is 14.5. The van der Waals surface area contributed by atoms with Crippen LogP contribution >= 0.6 is 7.82 Å². The number of carbonyl (C=O) groups is 1. The lowest BCUT2D eigenvalue weighted by Gasteiger charge is -2.61. The van der Waals surface area contributed by atoms with Gasteiger partial charge < -0.3 is 24.6 Å². The molecule has 252 valence electrons. The van der Waals surface area contributed by atoms with E-state index >= 15 is 0 Å². The Balaban J connectivity index is 1.20. The third kappa shape index (κ3) is 6.26. The predicted octanol–water partition coefficient (Wildman–Crippen LogP) is 6.90. The first-order valence-electron chi connectivity index (χ1n) is 17.2. The summed E-state index contributed by atoms with van der Waals surface area (Å²) in [7, 11) is -4.77. The Morgan fingerprint density at radius 3 is 2.34 bits per heavy atom. The SMILES string of the molecule is CC(C)[C@H](C)CC[C@@H](C)[C@H]1CC[C@H]2[C@@H]3CC[C@H]4C[C@@H](OP(=O)(O)OC5=C(O)C([C@@H](O)CO)OC5=O)CC[C@]4(C)[C@H]3CC[C@]12C. The summed E-state index contributed by atoms with van der Waals surface area (Å²) in [4.78, 5) is 22.7. The van der Waals surface area contributed by atoms with E-state index in [1.54, 1.807) is 0 Å². The van der Waals surface area contributed by atoms with Crippen LogP contribution in [0.5, 0.6) is 0 Å². The number of phosphoric acid groups is 1. The summed E-state index contributed by atoms with van der Waals surface area (Å²) in [6, 6.07) is 0. The van der Waals surface area contributed by atoms with Gasteiger partial charge >= 0.3 is 13.8 Å². The van der Waals surface area contributed by atoms with E-state index in [1.807, 2.05) is 0 Å². The minimum Gasteiger partial charge on any atom is -0.505 e. The van der Waals surface area contributed by atoms with Gasteiger partial charge in [0.1, 0.15) is 6.10 Å². The first kappa shape index (κ1) is 34.2. The van der Waals surface area contributed by atoms with Crippen molar-refractivity contribution in [2.75, 3.05) is 6.61 Å². The Hall–Kier alpha value is -1.12. The molecule has 4 fully saturated rings. The average molecular weight is 641 g/mol. The Morgan fingerprint density at radius 1 is 0.977 bits per heavy atom. The maximum absolute atomic E-state index is 13.0. The summed E-state index contributed by atoms with van der Waals surface area (Å²) in [5.41, 5.74) is 0.602. The van der Waals surface area contributed by atoms with E-state index in [0.717, 1.165) is 48.3 Å². The number of aliphatic hydroxyl groups excluding tert-OH is 3. The fourth-order valence-electron chi connectivity index (χ4n) is 10.6. The molecule has 0 radical (unpaired) electrons. The zero-order chi connectivity index (χ0) is 32.2. The molecule has 4 saturated carbocycles. The van der Waals surface area contributed by atoms with Gasteiger partial charge in [0.2, 0.25) is 0 Å². The van der Waals surface area contributed by atoms with Crippen LogP contribution in [0.3, 0.4) is 0 Å². The zero-order valence-corrected chi connectivity index (χ0v) is 28.5. The summed E-state index contributed by atoms with van der Waals surface area (Å²) in [6.07, 6.45) is 8.80. The van der Waals surface area contributed by atoms with E-state index < -0.39 is 50.2 Å². The van der Waals surface area contributed by atoms with E-state index in [0.29, 0.717) is 30.1 Å². The van der Waals surface area contributed by atoms with Gasteiger partial charge in [-0.15, -0.1) is 0 Å². The van der Waals surface area contributed by atoms with Gasteiger partial charge in [-0.05, 0) is 116 Å². The molecule has 13 atom stereocenters. The van der Waals surface area contributed by atoms with Crippen LogP contribution in [0.2, 0.25) is 0 Å². The number of cyclic esters (lactones) is 1. The quantitative estimate of drug-likeness (QED) is 0.140. The van der Waals surface area contributed by atoms with Crippen LogP contribution in [-0.4, -0.2) is 51.1 Å². The van der Waals surface area contributed by atoms with E-state index in [-0.39, 0.29) is 5.41 Å². The molecule has 0 saturated heterocycles. The smallest absolute Gasteiger partial charge is 0.505 e. The molecule has 0 aromatic rings. The predicted molar refractivity (Wildman–Crippen MR) is 166 cm³/mol. The van der Waals surface area contributed by atoms with Crippen molar-refractivity contribution in [2.24, 2.45) is 58.2 Å². The lowest BCUT2D eigenvalue weighted by molar-refractivity contribution is -0.147. The number of esters is 1. The molecule has 0 aromatic heterocycles. The number of hydrogen-bond donors (Lipinski definition) is 4. The number of carbonyl (C=O) groups excluding carboxylic acids is 1. The van der Waals surface area contributed by atoms with Crippen molar-refractivity contribution in [1.82, 2.24) is 0 Å². The molecule has 0 spiro atoms. The molecular formula is C34H57O9P. The minimum atomic E-state index is -4.77. The molecule has 0 aromatic carbocycles. The highest BCUT2D eigenvalue weighted by Gasteiger charge is 2.61. The van der Waals surface area contributed by atoms with Crippen LogP contribution in [-0.2, 0) is 23.1 Å². The van der Waals surface area contributed by atoms with E-state index in [4.69, 9.17) is 18.9 Å². The summed E-state index contributed by atoms with van der Waals surface area (Å²) < 4.78 is 28.3. The number of fused-ring (bicyclic) bond motifs is 5. The van der Waals surface area contributed by atoms with Gasteiger partial charge in [0.05, 0.1) is 12.7 Å². The monoisotopic (exact) mass is 640 g/mol. The van der Waals surface area contributed by atoms with Crippen LogP contribution in [0, 0.1) is 58.2 Å². The molecule has 5 aliphatic rings. The molecule has 1 aliphatic heterocycles. The van der Waals surface area contributed by atoms with Crippen molar-refractivity contribution in [2.45, 2.75) is 130 Å². The molecule has 4 N–H and O–H groups in total. The van der Waals surface area contributed by atoms with Gasteiger partial charge in [0, 0.05) is 0 Å². The Labute approximate surface area is 263 Å². The first-order valence-corrected chi connectivity index (χ1v) is 18.7. The summed E-state index contributed by atoms with van der Waals surface area (Å²) in [5.74, 6) is 2.81. The highest BCUT2D eigenvalue weighted by molar-refractivity contribution is 7.47. The van der Waals surface area contributed by atoms with Gasteiger partial charge in [0.15, 0.2) is 11.9 Å².